The molecule has 1 aliphatic heterocycles. The van der Waals surface area contributed by atoms with E-state index >= 15 is 0 Å². The van der Waals surface area contributed by atoms with Crippen LogP contribution in [0.15, 0.2) is 53.5 Å². The maximum atomic E-state index is 13.5. The standard InChI is InChI=1S/C25H32FN3O2/c1-27-24(28-16-20-4-2-3-5-23(20)31-17-19-6-7-19)29-18-25(12-14-30-15-13-25)21-8-10-22(26)11-9-21/h2-5,8-11,19H,6-7,12-18H2,1H3,(H2,27,28,29). The van der Waals surface area contributed by atoms with Gasteiger partial charge in [-0.15, -0.1) is 0 Å². The van der Waals surface area contributed by atoms with Crippen LogP contribution >= 0.6 is 0 Å². The summed E-state index contributed by atoms with van der Waals surface area (Å²) in [4.78, 5) is 4.40. The van der Waals surface area contributed by atoms with Crippen LogP contribution in [0.4, 0.5) is 4.39 Å². The van der Waals surface area contributed by atoms with Gasteiger partial charge < -0.3 is 20.1 Å². The number of ether oxygens (including phenoxy) is 2. The van der Waals surface area contributed by atoms with Crippen molar-refractivity contribution >= 4 is 5.96 Å². The number of aliphatic imine (C=N–C) groups is 1. The van der Waals surface area contributed by atoms with Gasteiger partial charge in [0.2, 0.25) is 0 Å². The predicted molar refractivity (Wildman–Crippen MR) is 121 cm³/mol. The van der Waals surface area contributed by atoms with E-state index in [0.717, 1.165) is 48.2 Å². The summed E-state index contributed by atoms with van der Waals surface area (Å²) in [6, 6.07) is 15.0. The molecule has 1 aliphatic carbocycles. The minimum Gasteiger partial charge on any atom is -0.493 e. The fraction of sp³-hybridized carbons (Fsp3) is 0.480. The molecule has 0 aromatic heterocycles. The molecule has 2 aromatic carbocycles. The molecule has 2 N–H and O–H groups in total. The van der Waals surface area contributed by atoms with Crippen LogP contribution in [-0.2, 0) is 16.7 Å². The summed E-state index contributed by atoms with van der Waals surface area (Å²) in [7, 11) is 1.78. The molecular formula is C25H32FN3O2. The van der Waals surface area contributed by atoms with Gasteiger partial charge in [-0.2, -0.15) is 0 Å². The number of hydrogen-bond acceptors (Lipinski definition) is 3. The van der Waals surface area contributed by atoms with Crippen LogP contribution < -0.4 is 15.4 Å². The molecule has 5 nitrogen and oxygen atoms in total. The van der Waals surface area contributed by atoms with Gasteiger partial charge in [0.1, 0.15) is 11.6 Å². The normalized spacial score (nSPS) is 18.5. The van der Waals surface area contributed by atoms with Crippen molar-refractivity contribution < 1.29 is 13.9 Å². The molecule has 0 spiro atoms. The number of nitrogens with one attached hydrogen (secondary N) is 2. The Morgan fingerprint density at radius 1 is 1.10 bits per heavy atom. The maximum Gasteiger partial charge on any atom is 0.191 e. The molecule has 1 saturated heterocycles. The van der Waals surface area contributed by atoms with Crippen LogP contribution in [0, 0.1) is 11.7 Å². The van der Waals surface area contributed by atoms with E-state index in [1.165, 1.54) is 25.0 Å². The van der Waals surface area contributed by atoms with Gasteiger partial charge in [0.15, 0.2) is 5.96 Å². The van der Waals surface area contributed by atoms with Gasteiger partial charge in [-0.3, -0.25) is 4.99 Å². The SMILES string of the molecule is CN=C(NCc1ccccc1OCC1CC1)NCC1(c2ccc(F)cc2)CCOCC1. The van der Waals surface area contributed by atoms with Crippen LogP contribution in [0.2, 0.25) is 0 Å². The molecule has 0 bridgehead atoms. The third-order valence-corrected chi connectivity index (χ3v) is 6.31. The summed E-state index contributed by atoms with van der Waals surface area (Å²) in [6.07, 6.45) is 4.33. The molecule has 0 unspecified atom stereocenters. The second kappa shape index (κ2) is 10.1. The first-order chi connectivity index (χ1) is 15.2. The molecule has 0 amide bonds. The first-order valence-corrected chi connectivity index (χ1v) is 11.2. The van der Waals surface area contributed by atoms with Crippen LogP contribution in [0.1, 0.15) is 36.8 Å². The van der Waals surface area contributed by atoms with Crippen molar-refractivity contribution in [1.82, 2.24) is 10.6 Å². The second-order valence-electron chi connectivity index (χ2n) is 8.54. The summed E-state index contributed by atoms with van der Waals surface area (Å²) < 4.78 is 25.1. The van der Waals surface area contributed by atoms with Gasteiger partial charge in [0.25, 0.3) is 0 Å². The van der Waals surface area contributed by atoms with Gasteiger partial charge in [-0.25, -0.2) is 4.39 Å². The Kier molecular flexibility index (Phi) is 7.07. The largest absolute Gasteiger partial charge is 0.493 e. The zero-order valence-electron chi connectivity index (χ0n) is 18.2. The number of nitrogens with zero attached hydrogens (tertiary/aromatic N) is 1. The van der Waals surface area contributed by atoms with Crippen molar-refractivity contribution in [3.05, 3.63) is 65.5 Å². The van der Waals surface area contributed by atoms with Crippen molar-refractivity contribution in [2.24, 2.45) is 10.9 Å². The Labute approximate surface area is 184 Å². The smallest absolute Gasteiger partial charge is 0.191 e. The van der Waals surface area contributed by atoms with E-state index in [4.69, 9.17) is 9.47 Å². The van der Waals surface area contributed by atoms with Gasteiger partial charge in [-0.1, -0.05) is 30.3 Å². The molecule has 2 aromatic rings. The molecule has 0 radical (unpaired) electrons. The average Bonchev–Trinajstić information content (AvgIpc) is 3.64. The fourth-order valence-corrected chi connectivity index (χ4v) is 4.07. The summed E-state index contributed by atoms with van der Waals surface area (Å²) in [5.74, 6) is 2.19. The van der Waals surface area contributed by atoms with Crippen molar-refractivity contribution in [3.63, 3.8) is 0 Å². The van der Waals surface area contributed by atoms with Crippen LogP contribution in [0.5, 0.6) is 5.75 Å². The third kappa shape index (κ3) is 5.76. The first-order valence-electron chi connectivity index (χ1n) is 11.2. The Balaban J connectivity index is 1.38. The van der Waals surface area contributed by atoms with Gasteiger partial charge in [0.05, 0.1) is 6.61 Å². The quantitative estimate of drug-likeness (QED) is 0.495. The van der Waals surface area contributed by atoms with E-state index in [9.17, 15) is 4.39 Å². The molecule has 31 heavy (non-hydrogen) atoms. The zero-order valence-corrected chi connectivity index (χ0v) is 18.2. The van der Waals surface area contributed by atoms with Crippen molar-refractivity contribution in [2.75, 3.05) is 33.4 Å². The van der Waals surface area contributed by atoms with Crippen molar-refractivity contribution in [2.45, 2.75) is 37.6 Å². The number of rotatable bonds is 8. The van der Waals surface area contributed by atoms with Crippen molar-refractivity contribution in [3.8, 4) is 5.75 Å². The summed E-state index contributed by atoms with van der Waals surface area (Å²) in [5, 5.41) is 6.91. The van der Waals surface area contributed by atoms with E-state index in [0.29, 0.717) is 26.3 Å². The Morgan fingerprint density at radius 2 is 1.84 bits per heavy atom. The highest BCUT2D eigenvalue weighted by Gasteiger charge is 2.34. The number of guanidine groups is 1. The van der Waals surface area contributed by atoms with E-state index < -0.39 is 0 Å². The second-order valence-corrected chi connectivity index (χ2v) is 8.54. The van der Waals surface area contributed by atoms with Gasteiger partial charge >= 0.3 is 0 Å². The predicted octanol–water partition coefficient (Wildman–Crippen LogP) is 4.03. The van der Waals surface area contributed by atoms with E-state index in [2.05, 4.69) is 21.7 Å². The number of benzene rings is 2. The van der Waals surface area contributed by atoms with Crippen LogP contribution in [-0.4, -0.2) is 39.4 Å². The lowest BCUT2D eigenvalue weighted by Gasteiger charge is -2.38. The molecule has 166 valence electrons. The third-order valence-electron chi connectivity index (χ3n) is 6.31. The lowest BCUT2D eigenvalue weighted by molar-refractivity contribution is 0.0513. The summed E-state index contributed by atoms with van der Waals surface area (Å²) >= 11 is 0. The topological polar surface area (TPSA) is 54.9 Å². The Morgan fingerprint density at radius 3 is 2.55 bits per heavy atom. The highest BCUT2D eigenvalue weighted by atomic mass is 19.1. The van der Waals surface area contributed by atoms with Gasteiger partial charge in [-0.05, 0) is 55.4 Å². The van der Waals surface area contributed by atoms with Crippen molar-refractivity contribution in [1.29, 1.82) is 0 Å². The zero-order chi connectivity index (χ0) is 21.5. The summed E-state index contributed by atoms with van der Waals surface area (Å²) in [5.41, 5.74) is 2.15. The highest BCUT2D eigenvalue weighted by Crippen LogP contribution is 2.34. The lowest BCUT2D eigenvalue weighted by Crippen LogP contribution is -2.47. The lowest BCUT2D eigenvalue weighted by atomic mass is 9.74. The minimum absolute atomic E-state index is 0.102. The monoisotopic (exact) mass is 425 g/mol. The molecule has 6 heteroatoms. The van der Waals surface area contributed by atoms with Crippen LogP contribution in [0.25, 0.3) is 0 Å². The first kappa shape index (κ1) is 21.6. The summed E-state index contributed by atoms with van der Waals surface area (Å²) in [6.45, 7) is 3.55. The molecule has 2 aliphatic rings. The van der Waals surface area contributed by atoms with Crippen LogP contribution in [0.3, 0.4) is 0 Å². The Bertz CT molecular complexity index is 875. The van der Waals surface area contributed by atoms with E-state index in [1.54, 1.807) is 7.05 Å². The molecule has 0 atom stereocenters. The molecule has 2 fully saturated rings. The number of halogens is 1. The van der Waals surface area contributed by atoms with Gasteiger partial charge in [0, 0.05) is 44.3 Å². The number of hydrogen-bond donors (Lipinski definition) is 2. The highest BCUT2D eigenvalue weighted by molar-refractivity contribution is 5.79. The minimum atomic E-state index is -0.209. The molecular weight excluding hydrogens is 393 g/mol. The average molecular weight is 426 g/mol. The van der Waals surface area contributed by atoms with E-state index in [1.807, 2.05) is 30.3 Å². The fourth-order valence-electron chi connectivity index (χ4n) is 4.07. The molecule has 1 saturated carbocycles. The molecule has 4 rings (SSSR count). The molecule has 1 heterocycles. The Hall–Kier alpha value is -2.60. The maximum absolute atomic E-state index is 13.5. The number of para-hydroxylation sites is 1. The van der Waals surface area contributed by atoms with E-state index in [-0.39, 0.29) is 11.2 Å².